The van der Waals surface area contributed by atoms with Crippen molar-refractivity contribution in [1.82, 2.24) is 14.6 Å². The number of halogens is 1. The number of carbonyl (C=O) groups excluding carboxylic acids is 1. The first-order valence-corrected chi connectivity index (χ1v) is 5.98. The van der Waals surface area contributed by atoms with Crippen molar-refractivity contribution in [1.29, 1.82) is 0 Å². The highest BCUT2D eigenvalue weighted by Gasteiger charge is 2.13. The van der Waals surface area contributed by atoms with Crippen LogP contribution in [0.25, 0.3) is 0 Å². The molecule has 2 rings (SSSR count). The normalized spacial score (nSPS) is 10.0. The van der Waals surface area contributed by atoms with Gasteiger partial charge in [-0.15, -0.1) is 5.10 Å². The molecule has 0 spiro atoms. The number of amides is 1. The van der Waals surface area contributed by atoms with E-state index in [2.05, 4.69) is 41.2 Å². The van der Waals surface area contributed by atoms with E-state index in [1.54, 1.807) is 12.3 Å². The van der Waals surface area contributed by atoms with Crippen LogP contribution >= 0.6 is 27.5 Å². The van der Waals surface area contributed by atoms with Crippen LogP contribution in [-0.4, -0.2) is 20.5 Å². The van der Waals surface area contributed by atoms with E-state index >= 15 is 0 Å². The molecule has 0 saturated heterocycles. The maximum absolute atomic E-state index is 11.9. The SMILES string of the molecule is NNc1ncc(Br)cc1C(=O)Nc1cnns1. The van der Waals surface area contributed by atoms with Gasteiger partial charge in [-0.25, -0.2) is 10.8 Å². The van der Waals surface area contributed by atoms with E-state index in [1.807, 2.05) is 0 Å². The Morgan fingerprint density at radius 3 is 2.94 bits per heavy atom. The fourth-order valence-corrected chi connectivity index (χ4v) is 1.87. The summed E-state index contributed by atoms with van der Waals surface area (Å²) in [6.07, 6.45) is 3.00. The predicted octanol–water partition coefficient (Wildman–Crippen LogP) is 1.23. The van der Waals surface area contributed by atoms with Crippen molar-refractivity contribution in [3.05, 3.63) is 28.5 Å². The highest BCUT2D eigenvalue weighted by molar-refractivity contribution is 9.10. The number of nitrogens with one attached hydrogen (secondary N) is 2. The highest BCUT2D eigenvalue weighted by Crippen LogP contribution is 2.19. The lowest BCUT2D eigenvalue weighted by Gasteiger charge is -2.07. The van der Waals surface area contributed by atoms with E-state index in [0.717, 1.165) is 11.5 Å². The number of rotatable bonds is 3. The Hall–Kier alpha value is -1.58. The number of hydrogen-bond donors (Lipinski definition) is 3. The van der Waals surface area contributed by atoms with Crippen molar-refractivity contribution < 1.29 is 4.79 Å². The number of nitrogens with zero attached hydrogens (tertiary/aromatic N) is 3. The van der Waals surface area contributed by atoms with E-state index in [4.69, 9.17) is 5.84 Å². The number of aromatic nitrogens is 3. The lowest BCUT2D eigenvalue weighted by Crippen LogP contribution is -2.18. The van der Waals surface area contributed by atoms with Gasteiger partial charge in [0.2, 0.25) is 0 Å². The van der Waals surface area contributed by atoms with Gasteiger partial charge in [-0.3, -0.25) is 4.79 Å². The Labute approximate surface area is 109 Å². The minimum absolute atomic E-state index is 0.295. The first kappa shape index (κ1) is 11.9. The van der Waals surface area contributed by atoms with Gasteiger partial charge < -0.3 is 10.7 Å². The number of pyridine rings is 1. The van der Waals surface area contributed by atoms with Crippen LogP contribution in [0.1, 0.15) is 10.4 Å². The molecule has 7 nitrogen and oxygen atoms in total. The lowest BCUT2D eigenvalue weighted by atomic mass is 10.2. The Bertz CT molecular complexity index is 531. The molecule has 17 heavy (non-hydrogen) atoms. The summed E-state index contributed by atoms with van der Waals surface area (Å²) in [5.74, 6) is 5.24. The van der Waals surface area contributed by atoms with Crippen LogP contribution < -0.4 is 16.6 Å². The van der Waals surface area contributed by atoms with Crippen LogP contribution in [0.3, 0.4) is 0 Å². The van der Waals surface area contributed by atoms with Gasteiger partial charge in [-0.1, -0.05) is 4.49 Å². The van der Waals surface area contributed by atoms with Crippen LogP contribution in [-0.2, 0) is 0 Å². The largest absolute Gasteiger partial charge is 0.311 e. The average Bonchev–Trinajstić information content (AvgIpc) is 2.81. The molecule has 0 bridgehead atoms. The highest BCUT2D eigenvalue weighted by atomic mass is 79.9. The number of nitrogen functional groups attached to an aromatic ring is 1. The molecule has 0 aliphatic carbocycles. The van der Waals surface area contributed by atoms with Crippen LogP contribution in [0.5, 0.6) is 0 Å². The van der Waals surface area contributed by atoms with Gasteiger partial charge in [0, 0.05) is 22.2 Å². The number of hydrogen-bond acceptors (Lipinski definition) is 7. The van der Waals surface area contributed by atoms with E-state index in [1.165, 1.54) is 6.20 Å². The molecule has 0 saturated carbocycles. The van der Waals surface area contributed by atoms with Crippen LogP contribution in [0, 0.1) is 0 Å². The summed E-state index contributed by atoms with van der Waals surface area (Å²) in [5.41, 5.74) is 2.69. The van der Waals surface area contributed by atoms with Gasteiger partial charge in [0.05, 0.1) is 11.8 Å². The van der Waals surface area contributed by atoms with Crippen molar-refractivity contribution in [2.75, 3.05) is 10.7 Å². The minimum Gasteiger partial charge on any atom is -0.311 e. The number of carbonyl (C=O) groups is 1. The summed E-state index contributed by atoms with van der Waals surface area (Å²) in [4.78, 5) is 15.9. The molecule has 2 heterocycles. The van der Waals surface area contributed by atoms with E-state index in [0.29, 0.717) is 20.9 Å². The molecule has 0 aromatic carbocycles. The van der Waals surface area contributed by atoms with E-state index in [-0.39, 0.29) is 5.91 Å². The zero-order valence-electron chi connectivity index (χ0n) is 8.35. The second-order valence-corrected chi connectivity index (χ2v) is 4.63. The second kappa shape index (κ2) is 5.17. The van der Waals surface area contributed by atoms with E-state index in [9.17, 15) is 4.79 Å². The number of anilines is 2. The van der Waals surface area contributed by atoms with Gasteiger partial charge >= 0.3 is 0 Å². The summed E-state index contributed by atoms with van der Waals surface area (Å²) in [6, 6.07) is 1.62. The molecule has 0 fully saturated rings. The second-order valence-electron chi connectivity index (χ2n) is 2.93. The molecule has 0 radical (unpaired) electrons. The quantitative estimate of drug-likeness (QED) is 0.581. The monoisotopic (exact) mass is 314 g/mol. The summed E-state index contributed by atoms with van der Waals surface area (Å²) in [6.45, 7) is 0. The van der Waals surface area contributed by atoms with Gasteiger partial charge in [-0.05, 0) is 22.0 Å². The number of hydrazine groups is 1. The molecule has 0 aliphatic rings. The van der Waals surface area contributed by atoms with Gasteiger partial charge in [0.25, 0.3) is 5.91 Å². The van der Waals surface area contributed by atoms with Crippen LogP contribution in [0.2, 0.25) is 0 Å². The van der Waals surface area contributed by atoms with Crippen LogP contribution in [0.4, 0.5) is 10.8 Å². The Morgan fingerprint density at radius 1 is 1.47 bits per heavy atom. The predicted molar refractivity (Wildman–Crippen MR) is 67.6 cm³/mol. The standard InChI is InChI=1S/C8H7BrN6OS/c9-4-1-5(7(14-10)11-2-4)8(16)13-6-3-12-15-17-6/h1-3H,10H2,(H,11,14)(H,13,16). The van der Waals surface area contributed by atoms with Crippen molar-refractivity contribution in [2.24, 2.45) is 5.84 Å². The van der Waals surface area contributed by atoms with Crippen molar-refractivity contribution >= 4 is 44.2 Å². The summed E-state index contributed by atoms with van der Waals surface area (Å²) >= 11 is 4.33. The maximum atomic E-state index is 11.9. The third-order valence-electron chi connectivity index (χ3n) is 1.83. The molecule has 0 atom stereocenters. The first-order chi connectivity index (χ1) is 8.20. The molecule has 2 aromatic rings. The Balaban J connectivity index is 2.26. The Morgan fingerprint density at radius 2 is 2.29 bits per heavy atom. The molecule has 9 heteroatoms. The Kier molecular flexibility index (Phi) is 3.61. The third-order valence-corrected chi connectivity index (χ3v) is 2.85. The zero-order chi connectivity index (χ0) is 12.3. The molecule has 1 amide bonds. The molecule has 0 aliphatic heterocycles. The molecular weight excluding hydrogens is 308 g/mol. The average molecular weight is 315 g/mol. The fourth-order valence-electron chi connectivity index (χ4n) is 1.13. The van der Waals surface area contributed by atoms with E-state index < -0.39 is 0 Å². The van der Waals surface area contributed by atoms with Crippen molar-refractivity contribution in [3.8, 4) is 0 Å². The molecule has 4 N–H and O–H groups in total. The fraction of sp³-hybridized carbons (Fsp3) is 0. The van der Waals surface area contributed by atoms with Crippen LogP contribution in [0.15, 0.2) is 22.9 Å². The maximum Gasteiger partial charge on any atom is 0.260 e. The topological polar surface area (TPSA) is 106 Å². The molecule has 0 unspecified atom stereocenters. The molecule has 88 valence electrons. The minimum atomic E-state index is -0.335. The van der Waals surface area contributed by atoms with Gasteiger partial charge in [0.1, 0.15) is 5.00 Å². The summed E-state index contributed by atoms with van der Waals surface area (Å²) in [5, 5.41) is 6.81. The smallest absolute Gasteiger partial charge is 0.260 e. The van der Waals surface area contributed by atoms with Gasteiger partial charge in [-0.2, -0.15) is 0 Å². The number of nitrogens with two attached hydrogens (primary N) is 1. The van der Waals surface area contributed by atoms with Crippen molar-refractivity contribution in [3.63, 3.8) is 0 Å². The summed E-state index contributed by atoms with van der Waals surface area (Å²) < 4.78 is 4.33. The third kappa shape index (κ3) is 2.75. The molecular formula is C8H7BrN6OS. The zero-order valence-corrected chi connectivity index (χ0v) is 10.7. The van der Waals surface area contributed by atoms with Gasteiger partial charge in [0.15, 0.2) is 5.82 Å². The lowest BCUT2D eigenvalue weighted by molar-refractivity contribution is 0.102. The molecule has 2 aromatic heterocycles. The first-order valence-electron chi connectivity index (χ1n) is 4.41. The summed E-state index contributed by atoms with van der Waals surface area (Å²) in [7, 11) is 0. The van der Waals surface area contributed by atoms with Crippen molar-refractivity contribution in [2.45, 2.75) is 0 Å².